The van der Waals surface area contributed by atoms with Crippen molar-refractivity contribution >= 4 is 23.1 Å². The lowest BCUT2D eigenvalue weighted by Crippen LogP contribution is -2.40. The molecule has 9 heteroatoms. The Labute approximate surface area is 219 Å². The highest BCUT2D eigenvalue weighted by molar-refractivity contribution is 7.07. The first-order valence-electron chi connectivity index (χ1n) is 12.9. The van der Waals surface area contributed by atoms with Crippen molar-refractivity contribution in [2.24, 2.45) is 4.99 Å². The van der Waals surface area contributed by atoms with E-state index in [4.69, 9.17) is 4.99 Å². The Morgan fingerprint density at radius 1 is 1.05 bits per heavy atom. The van der Waals surface area contributed by atoms with E-state index in [-0.39, 0.29) is 5.91 Å². The predicted octanol–water partition coefficient (Wildman–Crippen LogP) is 5.90. The number of thiazole rings is 1. The van der Waals surface area contributed by atoms with Crippen LogP contribution in [0.3, 0.4) is 0 Å². The van der Waals surface area contributed by atoms with Crippen LogP contribution in [0.5, 0.6) is 0 Å². The van der Waals surface area contributed by atoms with Crippen molar-refractivity contribution in [3.8, 4) is 33.8 Å². The van der Waals surface area contributed by atoms with Crippen LogP contribution in [0.1, 0.15) is 57.4 Å². The molecule has 1 amide bonds. The number of H-pyrrole nitrogens is 1. The van der Waals surface area contributed by atoms with Gasteiger partial charge < -0.3 is 0 Å². The number of benzene rings is 2. The first-order chi connectivity index (χ1) is 18.2. The Hall–Kier alpha value is -3.72. The van der Waals surface area contributed by atoms with Crippen molar-refractivity contribution in [1.82, 2.24) is 30.5 Å². The number of unbranched alkanes of at least 4 members (excludes halogenated alkanes) is 1. The highest BCUT2D eigenvalue weighted by Crippen LogP contribution is 2.40. The highest BCUT2D eigenvalue weighted by Gasteiger charge is 2.49. The smallest absolute Gasteiger partial charge is 0.256 e. The predicted molar refractivity (Wildman–Crippen MR) is 145 cm³/mol. The molecule has 0 saturated heterocycles. The maximum atomic E-state index is 13.5. The van der Waals surface area contributed by atoms with Gasteiger partial charge in [-0.15, -0.1) is 21.5 Å². The molecule has 0 unspecified atom stereocenters. The molecular weight excluding hydrogens is 482 g/mol. The van der Waals surface area contributed by atoms with Crippen molar-refractivity contribution in [3.05, 3.63) is 58.9 Å². The molecule has 2 aromatic heterocycles. The fourth-order valence-electron chi connectivity index (χ4n) is 5.44. The summed E-state index contributed by atoms with van der Waals surface area (Å²) in [6, 6.07) is 14.6. The zero-order chi connectivity index (χ0) is 25.2. The Bertz CT molecular complexity index is 1410. The summed E-state index contributed by atoms with van der Waals surface area (Å²) < 4.78 is 0. The third-order valence-electron chi connectivity index (χ3n) is 7.42. The van der Waals surface area contributed by atoms with E-state index in [2.05, 4.69) is 62.9 Å². The van der Waals surface area contributed by atoms with Crippen LogP contribution in [-0.2, 0) is 11.3 Å². The molecule has 188 valence electrons. The molecule has 1 saturated carbocycles. The van der Waals surface area contributed by atoms with E-state index < -0.39 is 5.54 Å². The number of tetrazole rings is 1. The number of aliphatic imine (C=N–C) groups is 1. The largest absolute Gasteiger partial charge is 0.294 e. The first-order valence-corrected chi connectivity index (χ1v) is 13.9. The lowest BCUT2D eigenvalue weighted by atomic mass is 9.95. The summed E-state index contributed by atoms with van der Waals surface area (Å²) >= 11 is 1.57. The zero-order valence-corrected chi connectivity index (χ0v) is 21.7. The lowest BCUT2D eigenvalue weighted by Gasteiger charge is -2.23. The van der Waals surface area contributed by atoms with Gasteiger partial charge in [-0.2, -0.15) is 5.21 Å². The fraction of sp³-hybridized carbons (Fsp3) is 0.357. The maximum Gasteiger partial charge on any atom is 0.256 e. The summed E-state index contributed by atoms with van der Waals surface area (Å²) in [7, 11) is 0. The molecule has 2 aromatic carbocycles. The van der Waals surface area contributed by atoms with Crippen molar-refractivity contribution < 1.29 is 4.79 Å². The lowest BCUT2D eigenvalue weighted by molar-refractivity contribution is -0.131. The van der Waals surface area contributed by atoms with Crippen LogP contribution in [0.4, 0.5) is 0 Å². The van der Waals surface area contributed by atoms with Gasteiger partial charge in [0.05, 0.1) is 17.7 Å². The molecule has 8 nitrogen and oxygen atoms in total. The molecule has 1 spiro atoms. The SMILES string of the molecule is CCCCC1=NC2(CCCC2)C(=O)N1Cc1ccc(-c2cc(-c3cscn3)ccc2-c2nn[nH]n2)cc1. The molecular formula is C28H29N7OS. The monoisotopic (exact) mass is 511 g/mol. The number of nitrogens with one attached hydrogen (secondary N) is 1. The summed E-state index contributed by atoms with van der Waals surface area (Å²) in [5.74, 6) is 1.70. The van der Waals surface area contributed by atoms with E-state index in [1.807, 2.05) is 27.9 Å². The van der Waals surface area contributed by atoms with Gasteiger partial charge in [-0.3, -0.25) is 14.7 Å². The van der Waals surface area contributed by atoms with Gasteiger partial charge in [0.25, 0.3) is 5.91 Å². The Balaban J connectivity index is 1.30. The van der Waals surface area contributed by atoms with Gasteiger partial charge >= 0.3 is 0 Å². The van der Waals surface area contributed by atoms with Crippen LogP contribution < -0.4 is 0 Å². The minimum absolute atomic E-state index is 0.190. The van der Waals surface area contributed by atoms with E-state index >= 15 is 0 Å². The molecule has 4 aromatic rings. The summed E-state index contributed by atoms with van der Waals surface area (Å²) in [6.45, 7) is 2.73. The van der Waals surface area contributed by atoms with Gasteiger partial charge in [0, 0.05) is 22.9 Å². The molecule has 0 radical (unpaired) electrons. The minimum Gasteiger partial charge on any atom is -0.294 e. The number of aromatic nitrogens is 5. The topological polar surface area (TPSA) is 100 Å². The molecule has 6 rings (SSSR count). The number of carbonyl (C=O) groups is 1. The zero-order valence-electron chi connectivity index (χ0n) is 20.9. The van der Waals surface area contributed by atoms with Crippen LogP contribution >= 0.6 is 11.3 Å². The van der Waals surface area contributed by atoms with E-state index in [0.29, 0.717) is 12.4 Å². The highest BCUT2D eigenvalue weighted by atomic mass is 32.1. The first kappa shape index (κ1) is 23.7. The molecule has 0 bridgehead atoms. The van der Waals surface area contributed by atoms with E-state index in [0.717, 1.165) is 84.3 Å². The molecule has 1 aliphatic heterocycles. The van der Waals surface area contributed by atoms with Gasteiger partial charge in [-0.1, -0.05) is 56.5 Å². The van der Waals surface area contributed by atoms with Crippen LogP contribution in [0.15, 0.2) is 58.3 Å². The normalized spacial score (nSPS) is 16.6. The quantitative estimate of drug-likeness (QED) is 0.317. The third-order valence-corrected chi connectivity index (χ3v) is 8.01. The van der Waals surface area contributed by atoms with E-state index in [1.54, 1.807) is 11.3 Å². The number of carbonyl (C=O) groups excluding carboxylic acids is 1. The second-order valence-electron chi connectivity index (χ2n) is 9.83. The number of amides is 1. The number of rotatable bonds is 8. The van der Waals surface area contributed by atoms with E-state index in [1.165, 1.54) is 0 Å². The fourth-order valence-corrected chi connectivity index (χ4v) is 6.00. The van der Waals surface area contributed by atoms with Gasteiger partial charge in [-0.25, -0.2) is 4.98 Å². The van der Waals surface area contributed by atoms with E-state index in [9.17, 15) is 4.79 Å². The summed E-state index contributed by atoms with van der Waals surface area (Å²) in [5, 5.41) is 16.8. The summed E-state index contributed by atoms with van der Waals surface area (Å²) in [4.78, 5) is 24.9. The minimum atomic E-state index is -0.501. The number of hydrogen-bond acceptors (Lipinski definition) is 7. The van der Waals surface area contributed by atoms with Crippen molar-refractivity contribution in [1.29, 1.82) is 0 Å². The van der Waals surface area contributed by atoms with Crippen molar-refractivity contribution in [2.75, 3.05) is 0 Å². The average Bonchev–Trinajstić information content (AvgIpc) is 3.75. The van der Waals surface area contributed by atoms with Gasteiger partial charge in [0.2, 0.25) is 5.82 Å². The number of nitrogens with zero attached hydrogens (tertiary/aromatic N) is 6. The van der Waals surface area contributed by atoms with Crippen LogP contribution in [-0.4, -0.2) is 47.8 Å². The molecule has 1 N–H and O–H groups in total. The van der Waals surface area contributed by atoms with Crippen LogP contribution in [0, 0.1) is 0 Å². The summed E-state index contributed by atoms with van der Waals surface area (Å²) in [5.41, 5.74) is 7.35. The second-order valence-corrected chi connectivity index (χ2v) is 10.5. The molecule has 3 heterocycles. The van der Waals surface area contributed by atoms with Gasteiger partial charge in [-0.05, 0) is 53.3 Å². The third kappa shape index (κ3) is 4.48. The molecule has 1 aliphatic carbocycles. The Kier molecular flexibility index (Phi) is 6.38. The molecule has 2 aliphatic rings. The Morgan fingerprint density at radius 3 is 2.57 bits per heavy atom. The summed E-state index contributed by atoms with van der Waals surface area (Å²) in [6.07, 6.45) is 6.93. The van der Waals surface area contributed by atoms with Gasteiger partial charge in [0.1, 0.15) is 11.4 Å². The maximum absolute atomic E-state index is 13.5. The molecule has 37 heavy (non-hydrogen) atoms. The second kappa shape index (κ2) is 9.97. The standard InChI is InChI=1S/C28H29N7OS/c1-2-3-6-25-30-28(13-4-5-14-28)27(36)35(25)16-19-7-9-20(10-8-19)23-15-21(24-17-37-18-29-24)11-12-22(23)26-31-33-34-32-26/h7-12,15,17-18H,2-6,13-14,16H2,1H3,(H,31,32,33,34). The molecule has 0 atom stereocenters. The van der Waals surface area contributed by atoms with Crippen molar-refractivity contribution in [2.45, 2.75) is 64.0 Å². The van der Waals surface area contributed by atoms with Crippen molar-refractivity contribution in [3.63, 3.8) is 0 Å². The Morgan fingerprint density at radius 2 is 1.86 bits per heavy atom. The number of aromatic amines is 1. The number of hydrogen-bond donors (Lipinski definition) is 1. The van der Waals surface area contributed by atoms with Crippen LogP contribution in [0.2, 0.25) is 0 Å². The number of amidine groups is 1. The van der Waals surface area contributed by atoms with Crippen LogP contribution in [0.25, 0.3) is 33.8 Å². The molecule has 1 fully saturated rings. The average molecular weight is 512 g/mol. The van der Waals surface area contributed by atoms with Gasteiger partial charge in [0.15, 0.2) is 0 Å².